The molecule has 2 aromatic rings. The fourth-order valence-electron chi connectivity index (χ4n) is 2.23. The quantitative estimate of drug-likeness (QED) is 0.832. The molecule has 0 fully saturated rings. The first kappa shape index (κ1) is 16.5. The van der Waals surface area contributed by atoms with Crippen molar-refractivity contribution < 1.29 is 14.3 Å². The highest BCUT2D eigenvalue weighted by Crippen LogP contribution is 2.17. The van der Waals surface area contributed by atoms with Crippen LogP contribution in [0.25, 0.3) is 0 Å². The largest absolute Gasteiger partial charge is 0.452 e. The monoisotopic (exact) mass is 312 g/mol. The lowest BCUT2D eigenvalue weighted by Gasteiger charge is -2.11. The maximum Gasteiger partial charge on any atom is 0.340 e. The number of nitrogens with one attached hydrogen (secondary N) is 2. The van der Waals surface area contributed by atoms with Crippen LogP contribution in [0.15, 0.2) is 42.5 Å². The molecule has 120 valence electrons. The summed E-state index contributed by atoms with van der Waals surface area (Å²) in [6.45, 7) is 3.57. The van der Waals surface area contributed by atoms with E-state index in [2.05, 4.69) is 10.6 Å². The van der Waals surface area contributed by atoms with Gasteiger partial charge in [-0.05, 0) is 37.6 Å². The highest BCUT2D eigenvalue weighted by molar-refractivity contribution is 5.98. The minimum Gasteiger partial charge on any atom is -0.452 e. The van der Waals surface area contributed by atoms with Gasteiger partial charge in [0, 0.05) is 18.4 Å². The van der Waals surface area contributed by atoms with Gasteiger partial charge in [-0.1, -0.05) is 29.8 Å². The standard InChI is InChI=1S/C18H20N2O3/c1-12-8-9-15(13(2)10-12)20-17(21)11-23-18(22)14-6-4-5-7-16(14)19-3/h4-10,19H,11H2,1-3H3,(H,20,21). The van der Waals surface area contributed by atoms with Crippen LogP contribution >= 0.6 is 0 Å². The molecule has 23 heavy (non-hydrogen) atoms. The third-order valence-corrected chi connectivity index (χ3v) is 3.41. The third-order valence-electron chi connectivity index (χ3n) is 3.41. The number of esters is 1. The first-order valence-electron chi connectivity index (χ1n) is 7.32. The lowest BCUT2D eigenvalue weighted by atomic mass is 10.1. The molecule has 0 aromatic heterocycles. The van der Waals surface area contributed by atoms with Crippen molar-refractivity contribution in [2.45, 2.75) is 13.8 Å². The van der Waals surface area contributed by atoms with Crippen LogP contribution in [-0.2, 0) is 9.53 Å². The Morgan fingerprint density at radius 1 is 1.04 bits per heavy atom. The fraction of sp³-hybridized carbons (Fsp3) is 0.222. The molecule has 0 spiro atoms. The topological polar surface area (TPSA) is 67.4 Å². The van der Waals surface area contributed by atoms with E-state index in [-0.39, 0.29) is 12.5 Å². The van der Waals surface area contributed by atoms with Gasteiger partial charge in [0.15, 0.2) is 6.61 Å². The van der Waals surface area contributed by atoms with Crippen LogP contribution in [-0.4, -0.2) is 25.5 Å². The summed E-state index contributed by atoms with van der Waals surface area (Å²) in [5.41, 5.74) is 3.86. The molecule has 0 unspecified atom stereocenters. The van der Waals surface area contributed by atoms with Crippen molar-refractivity contribution >= 4 is 23.3 Å². The Kier molecular flexibility index (Phi) is 5.36. The SMILES string of the molecule is CNc1ccccc1C(=O)OCC(=O)Nc1ccc(C)cc1C. The number of rotatable bonds is 5. The molecule has 1 amide bonds. The van der Waals surface area contributed by atoms with E-state index < -0.39 is 5.97 Å². The molecule has 0 aliphatic carbocycles. The van der Waals surface area contributed by atoms with E-state index in [1.807, 2.05) is 38.1 Å². The van der Waals surface area contributed by atoms with Gasteiger partial charge in [0.2, 0.25) is 0 Å². The van der Waals surface area contributed by atoms with E-state index in [1.165, 1.54) is 0 Å². The van der Waals surface area contributed by atoms with Gasteiger partial charge >= 0.3 is 5.97 Å². The molecule has 5 nitrogen and oxygen atoms in total. The van der Waals surface area contributed by atoms with Crippen LogP contribution in [0.3, 0.4) is 0 Å². The number of hydrogen-bond acceptors (Lipinski definition) is 4. The second-order valence-electron chi connectivity index (χ2n) is 5.24. The molecule has 0 bridgehead atoms. The number of hydrogen-bond donors (Lipinski definition) is 2. The van der Waals surface area contributed by atoms with Crippen molar-refractivity contribution in [1.82, 2.24) is 0 Å². The molecule has 0 aliphatic rings. The first-order chi connectivity index (χ1) is 11.0. The number of carbonyl (C=O) groups is 2. The van der Waals surface area contributed by atoms with E-state index >= 15 is 0 Å². The second-order valence-corrected chi connectivity index (χ2v) is 5.24. The second kappa shape index (κ2) is 7.45. The summed E-state index contributed by atoms with van der Waals surface area (Å²) in [6.07, 6.45) is 0. The maximum atomic E-state index is 12.1. The van der Waals surface area contributed by atoms with Crippen LogP contribution < -0.4 is 10.6 Å². The van der Waals surface area contributed by atoms with Crippen molar-refractivity contribution in [2.75, 3.05) is 24.3 Å². The van der Waals surface area contributed by atoms with Gasteiger partial charge in [0.05, 0.1) is 5.56 Å². The molecule has 0 saturated carbocycles. The summed E-state index contributed by atoms with van der Waals surface area (Å²) < 4.78 is 5.08. The highest BCUT2D eigenvalue weighted by Gasteiger charge is 2.14. The molecule has 0 saturated heterocycles. The Balaban J connectivity index is 1.95. The zero-order valence-electron chi connectivity index (χ0n) is 13.5. The Bertz CT molecular complexity index is 726. The molecule has 0 aliphatic heterocycles. The number of ether oxygens (including phenoxy) is 1. The minimum atomic E-state index is -0.536. The number of benzene rings is 2. The van der Waals surface area contributed by atoms with Crippen LogP contribution in [0, 0.1) is 13.8 Å². The van der Waals surface area contributed by atoms with Crippen molar-refractivity contribution in [3.63, 3.8) is 0 Å². The summed E-state index contributed by atoms with van der Waals surface area (Å²) in [5, 5.41) is 5.66. The lowest BCUT2D eigenvalue weighted by Crippen LogP contribution is -2.21. The van der Waals surface area contributed by atoms with Crippen molar-refractivity contribution in [3.8, 4) is 0 Å². The Morgan fingerprint density at radius 2 is 1.78 bits per heavy atom. The Hall–Kier alpha value is -2.82. The molecule has 5 heteroatoms. The average Bonchev–Trinajstić information content (AvgIpc) is 2.55. The molecule has 0 radical (unpaired) electrons. The summed E-state index contributed by atoms with van der Waals surface area (Å²) in [7, 11) is 1.72. The van der Waals surface area contributed by atoms with Gasteiger partial charge in [-0.3, -0.25) is 4.79 Å². The number of anilines is 2. The van der Waals surface area contributed by atoms with Gasteiger partial charge < -0.3 is 15.4 Å². The van der Waals surface area contributed by atoms with E-state index in [0.717, 1.165) is 11.1 Å². The predicted octanol–water partition coefficient (Wildman–Crippen LogP) is 3.14. The number of para-hydroxylation sites is 1. The molecular weight excluding hydrogens is 292 g/mol. The summed E-state index contributed by atoms with van der Waals surface area (Å²) in [4.78, 5) is 24.0. The van der Waals surface area contributed by atoms with Crippen LogP contribution in [0.4, 0.5) is 11.4 Å². The van der Waals surface area contributed by atoms with Crippen LogP contribution in [0.5, 0.6) is 0 Å². The molecule has 2 N–H and O–H groups in total. The number of aryl methyl sites for hydroxylation is 2. The van der Waals surface area contributed by atoms with Crippen molar-refractivity contribution in [2.24, 2.45) is 0 Å². The van der Waals surface area contributed by atoms with E-state index in [9.17, 15) is 9.59 Å². The minimum absolute atomic E-state index is 0.329. The number of amides is 1. The fourth-order valence-corrected chi connectivity index (χ4v) is 2.23. The highest BCUT2D eigenvalue weighted by atomic mass is 16.5. The summed E-state index contributed by atoms with van der Waals surface area (Å²) in [6, 6.07) is 12.7. The Labute approximate surface area is 135 Å². The maximum absolute atomic E-state index is 12.1. The zero-order valence-corrected chi connectivity index (χ0v) is 13.5. The van der Waals surface area contributed by atoms with Crippen LogP contribution in [0.2, 0.25) is 0 Å². The van der Waals surface area contributed by atoms with Crippen molar-refractivity contribution in [3.05, 3.63) is 59.2 Å². The molecule has 2 aromatic carbocycles. The predicted molar refractivity (Wildman–Crippen MR) is 90.8 cm³/mol. The van der Waals surface area contributed by atoms with E-state index in [0.29, 0.717) is 16.9 Å². The summed E-state index contributed by atoms with van der Waals surface area (Å²) >= 11 is 0. The first-order valence-corrected chi connectivity index (χ1v) is 7.32. The third kappa shape index (κ3) is 4.32. The molecular formula is C18H20N2O3. The van der Waals surface area contributed by atoms with Gasteiger partial charge in [0.1, 0.15) is 0 Å². The van der Waals surface area contributed by atoms with Gasteiger partial charge in [-0.25, -0.2) is 4.79 Å². The van der Waals surface area contributed by atoms with Crippen molar-refractivity contribution in [1.29, 1.82) is 0 Å². The van der Waals surface area contributed by atoms with Gasteiger partial charge in [-0.2, -0.15) is 0 Å². The lowest BCUT2D eigenvalue weighted by molar-refractivity contribution is -0.119. The molecule has 0 heterocycles. The average molecular weight is 312 g/mol. The smallest absolute Gasteiger partial charge is 0.340 e. The van der Waals surface area contributed by atoms with Gasteiger partial charge in [0.25, 0.3) is 5.91 Å². The molecule has 2 rings (SSSR count). The Morgan fingerprint density at radius 3 is 2.48 bits per heavy atom. The van der Waals surface area contributed by atoms with E-state index in [4.69, 9.17) is 4.74 Å². The summed E-state index contributed by atoms with van der Waals surface area (Å²) in [5.74, 6) is -0.905. The zero-order chi connectivity index (χ0) is 16.8. The van der Waals surface area contributed by atoms with Gasteiger partial charge in [-0.15, -0.1) is 0 Å². The van der Waals surface area contributed by atoms with Crippen LogP contribution in [0.1, 0.15) is 21.5 Å². The van der Waals surface area contributed by atoms with E-state index in [1.54, 1.807) is 25.2 Å². The number of carbonyl (C=O) groups excluding carboxylic acids is 2. The normalized spacial score (nSPS) is 10.0. The molecule has 0 atom stereocenters.